The number of amides is 1. The van der Waals surface area contributed by atoms with Crippen molar-refractivity contribution in [3.05, 3.63) is 34.9 Å². The summed E-state index contributed by atoms with van der Waals surface area (Å²) in [5, 5.41) is 3.55. The summed E-state index contributed by atoms with van der Waals surface area (Å²) in [6.07, 6.45) is 1.65. The molecule has 0 radical (unpaired) electrons. The van der Waals surface area contributed by atoms with E-state index in [4.69, 9.17) is 29.6 Å². The molecule has 98 valence electrons. The first-order valence-electron chi connectivity index (χ1n) is 5.83. The Labute approximate surface area is 118 Å². The van der Waals surface area contributed by atoms with Crippen LogP contribution in [0.1, 0.15) is 25.3 Å². The molecule has 1 amide bonds. The van der Waals surface area contributed by atoms with Crippen molar-refractivity contribution in [1.82, 2.24) is 5.32 Å². The minimum absolute atomic E-state index is 0.00850. The van der Waals surface area contributed by atoms with Crippen LogP contribution in [-0.4, -0.2) is 16.9 Å². The van der Waals surface area contributed by atoms with Crippen molar-refractivity contribution >= 4 is 34.7 Å². The number of carbonyl (C=O) groups is 1. The lowest BCUT2D eigenvalue weighted by atomic mass is 10.1. The lowest BCUT2D eigenvalue weighted by Gasteiger charge is -2.16. The van der Waals surface area contributed by atoms with Crippen molar-refractivity contribution < 1.29 is 4.79 Å². The monoisotopic (exact) mass is 284 g/mol. The van der Waals surface area contributed by atoms with Crippen molar-refractivity contribution in [2.45, 2.75) is 32.2 Å². The maximum atomic E-state index is 11.8. The van der Waals surface area contributed by atoms with Gasteiger partial charge in [-0.1, -0.05) is 42.9 Å². The average Bonchev–Trinajstić information content (AvgIpc) is 2.27. The molecule has 0 saturated heterocycles. The van der Waals surface area contributed by atoms with Gasteiger partial charge in [-0.25, -0.2) is 0 Å². The van der Waals surface area contributed by atoms with E-state index < -0.39 is 0 Å². The number of hydrogen-bond acceptors (Lipinski definition) is 2. The predicted molar refractivity (Wildman–Crippen MR) is 78.8 cm³/mol. The van der Waals surface area contributed by atoms with Gasteiger partial charge in [0.2, 0.25) is 5.91 Å². The number of nitrogens with two attached hydrogens (primary N) is 1. The van der Waals surface area contributed by atoms with Gasteiger partial charge < -0.3 is 11.1 Å². The van der Waals surface area contributed by atoms with E-state index >= 15 is 0 Å². The highest BCUT2D eigenvalue weighted by Gasteiger charge is 2.11. The molecule has 1 aromatic rings. The topological polar surface area (TPSA) is 55.1 Å². The summed E-state index contributed by atoms with van der Waals surface area (Å²) in [5.41, 5.74) is 6.37. The first-order valence-corrected chi connectivity index (χ1v) is 6.62. The number of rotatable bonds is 6. The second-order valence-corrected chi connectivity index (χ2v) is 5.11. The quantitative estimate of drug-likeness (QED) is 0.789. The molecule has 0 saturated carbocycles. The fourth-order valence-electron chi connectivity index (χ4n) is 1.65. The van der Waals surface area contributed by atoms with E-state index in [9.17, 15) is 4.79 Å². The van der Waals surface area contributed by atoms with Gasteiger partial charge in [0.1, 0.15) is 0 Å². The van der Waals surface area contributed by atoms with Crippen molar-refractivity contribution in [1.29, 1.82) is 0 Å². The van der Waals surface area contributed by atoms with Crippen LogP contribution < -0.4 is 11.1 Å². The molecule has 3 N–H and O–H groups in total. The van der Waals surface area contributed by atoms with Gasteiger partial charge in [-0.05, 0) is 24.1 Å². The molecule has 0 fully saturated rings. The summed E-state index contributed by atoms with van der Waals surface area (Å²) >= 11 is 10.7. The standard InChI is InChI=1S/C13H17ClN2OS/c1-2-11(8-12(15)18)16-13(17)7-9-4-3-5-10(14)6-9/h3-6,11H,2,7-8H2,1H3,(H2,15,18)(H,16,17). The Morgan fingerprint density at radius 2 is 2.28 bits per heavy atom. The van der Waals surface area contributed by atoms with Gasteiger partial charge >= 0.3 is 0 Å². The lowest BCUT2D eigenvalue weighted by molar-refractivity contribution is -0.121. The maximum absolute atomic E-state index is 11.8. The largest absolute Gasteiger partial charge is 0.393 e. The number of halogens is 1. The first-order chi connectivity index (χ1) is 8.51. The molecule has 1 atom stereocenters. The Kier molecular flexibility index (Phi) is 6.09. The Morgan fingerprint density at radius 1 is 1.56 bits per heavy atom. The van der Waals surface area contributed by atoms with Crippen LogP contribution in [0.2, 0.25) is 5.02 Å². The molecule has 1 rings (SSSR count). The zero-order valence-electron chi connectivity index (χ0n) is 10.3. The fraction of sp³-hybridized carbons (Fsp3) is 0.385. The summed E-state index contributed by atoms with van der Waals surface area (Å²) < 4.78 is 0. The lowest BCUT2D eigenvalue weighted by Crippen LogP contribution is -2.37. The van der Waals surface area contributed by atoms with Crippen LogP contribution in [0.3, 0.4) is 0 Å². The van der Waals surface area contributed by atoms with Crippen molar-refractivity contribution in [2.24, 2.45) is 5.73 Å². The minimum atomic E-state index is -0.0413. The smallest absolute Gasteiger partial charge is 0.224 e. The SMILES string of the molecule is CCC(CC(N)=S)NC(=O)Cc1cccc(Cl)c1. The van der Waals surface area contributed by atoms with E-state index in [0.29, 0.717) is 22.9 Å². The highest BCUT2D eigenvalue weighted by molar-refractivity contribution is 7.80. The average molecular weight is 285 g/mol. The zero-order valence-corrected chi connectivity index (χ0v) is 11.9. The number of nitrogens with one attached hydrogen (secondary N) is 1. The molecule has 5 heteroatoms. The van der Waals surface area contributed by atoms with Crippen molar-refractivity contribution in [3.8, 4) is 0 Å². The fourth-order valence-corrected chi connectivity index (χ4v) is 2.07. The second kappa shape index (κ2) is 7.34. The molecule has 18 heavy (non-hydrogen) atoms. The normalized spacial score (nSPS) is 11.9. The van der Waals surface area contributed by atoms with Crippen LogP contribution >= 0.6 is 23.8 Å². The van der Waals surface area contributed by atoms with E-state index in [0.717, 1.165) is 12.0 Å². The van der Waals surface area contributed by atoms with Gasteiger partial charge in [-0.2, -0.15) is 0 Å². The Morgan fingerprint density at radius 3 is 2.83 bits per heavy atom. The van der Waals surface area contributed by atoms with Crippen molar-refractivity contribution in [2.75, 3.05) is 0 Å². The third-order valence-electron chi connectivity index (χ3n) is 2.56. The molecule has 0 bridgehead atoms. The number of benzene rings is 1. The van der Waals surface area contributed by atoms with Crippen LogP contribution in [0, 0.1) is 0 Å². The van der Waals surface area contributed by atoms with Crippen LogP contribution in [0.5, 0.6) is 0 Å². The Bertz CT molecular complexity index is 437. The maximum Gasteiger partial charge on any atom is 0.224 e. The molecule has 1 aromatic carbocycles. The Balaban J connectivity index is 2.52. The van der Waals surface area contributed by atoms with Gasteiger partial charge in [0, 0.05) is 17.5 Å². The van der Waals surface area contributed by atoms with E-state index in [2.05, 4.69) is 5.32 Å². The van der Waals surface area contributed by atoms with Crippen LogP contribution in [0.4, 0.5) is 0 Å². The minimum Gasteiger partial charge on any atom is -0.393 e. The third-order valence-corrected chi connectivity index (χ3v) is 2.96. The van der Waals surface area contributed by atoms with E-state index in [1.807, 2.05) is 19.1 Å². The van der Waals surface area contributed by atoms with Crippen molar-refractivity contribution in [3.63, 3.8) is 0 Å². The first kappa shape index (κ1) is 14.9. The molecular weight excluding hydrogens is 268 g/mol. The van der Waals surface area contributed by atoms with Crippen LogP contribution in [0.25, 0.3) is 0 Å². The highest BCUT2D eigenvalue weighted by atomic mass is 35.5. The molecule has 3 nitrogen and oxygen atoms in total. The number of thiocarbonyl (C=S) groups is 1. The molecule has 0 aliphatic rings. The van der Waals surface area contributed by atoms with E-state index in [-0.39, 0.29) is 11.9 Å². The van der Waals surface area contributed by atoms with Gasteiger partial charge in [0.05, 0.1) is 11.4 Å². The predicted octanol–water partition coefficient (Wildman–Crippen LogP) is 2.45. The summed E-state index contributed by atoms with van der Waals surface area (Å²) in [4.78, 5) is 12.3. The third kappa shape index (κ3) is 5.47. The summed E-state index contributed by atoms with van der Waals surface area (Å²) in [5.74, 6) is -0.0413. The summed E-state index contributed by atoms with van der Waals surface area (Å²) in [7, 11) is 0. The molecular formula is C13H17ClN2OS. The zero-order chi connectivity index (χ0) is 13.5. The molecule has 0 spiro atoms. The molecule has 0 aromatic heterocycles. The highest BCUT2D eigenvalue weighted by Crippen LogP contribution is 2.11. The van der Waals surface area contributed by atoms with E-state index in [1.165, 1.54) is 0 Å². The summed E-state index contributed by atoms with van der Waals surface area (Å²) in [6, 6.07) is 7.28. The summed E-state index contributed by atoms with van der Waals surface area (Å²) in [6.45, 7) is 1.99. The van der Waals surface area contributed by atoms with Gasteiger partial charge in [0.15, 0.2) is 0 Å². The van der Waals surface area contributed by atoms with Gasteiger partial charge in [-0.3, -0.25) is 4.79 Å². The van der Waals surface area contributed by atoms with Crippen LogP contribution in [0.15, 0.2) is 24.3 Å². The van der Waals surface area contributed by atoms with Crippen LogP contribution in [-0.2, 0) is 11.2 Å². The second-order valence-electron chi connectivity index (χ2n) is 4.15. The number of carbonyl (C=O) groups excluding carboxylic acids is 1. The molecule has 0 heterocycles. The van der Waals surface area contributed by atoms with Gasteiger partial charge in [0.25, 0.3) is 0 Å². The Hall–Kier alpha value is -1.13. The van der Waals surface area contributed by atoms with Gasteiger partial charge in [-0.15, -0.1) is 0 Å². The molecule has 0 aliphatic carbocycles. The molecule has 0 aliphatic heterocycles. The molecule has 1 unspecified atom stereocenters. The van der Waals surface area contributed by atoms with E-state index in [1.54, 1.807) is 12.1 Å². The number of hydrogen-bond donors (Lipinski definition) is 2.